The molecule has 0 aliphatic heterocycles. The lowest BCUT2D eigenvalue weighted by molar-refractivity contribution is 1.08. The van der Waals surface area contributed by atoms with Crippen molar-refractivity contribution in [3.05, 3.63) is 96.6 Å². The van der Waals surface area contributed by atoms with Gasteiger partial charge in [0.15, 0.2) is 0 Å². The molecule has 146 valence electrons. The van der Waals surface area contributed by atoms with Crippen molar-refractivity contribution in [2.45, 2.75) is 13.3 Å². The molecule has 2 aromatic heterocycles. The number of rotatable bonds is 5. The highest BCUT2D eigenvalue weighted by Gasteiger charge is 2.12. The zero-order chi connectivity index (χ0) is 20.3. The smallest absolute Gasteiger partial charge is 0.0927 e. The third-order valence-corrected chi connectivity index (χ3v) is 5.39. The van der Waals surface area contributed by atoms with Crippen LogP contribution >= 0.6 is 0 Å². The molecule has 0 saturated heterocycles. The van der Waals surface area contributed by atoms with Gasteiger partial charge in [0.25, 0.3) is 0 Å². The minimum Gasteiger partial charge on any atom is -0.277 e. The van der Waals surface area contributed by atoms with E-state index in [1.54, 1.807) is 0 Å². The summed E-state index contributed by atoms with van der Waals surface area (Å²) in [5, 5.41) is 15.5. The lowest BCUT2D eigenvalue weighted by atomic mass is 9.97. The van der Waals surface area contributed by atoms with Crippen LogP contribution in [-0.4, -0.2) is 20.4 Å². The number of H-pyrrole nitrogens is 2. The molecule has 0 fully saturated rings. The highest BCUT2D eigenvalue weighted by Crippen LogP contribution is 2.31. The van der Waals surface area contributed by atoms with E-state index in [-0.39, 0.29) is 0 Å². The molecule has 0 radical (unpaired) electrons. The molecule has 0 amide bonds. The van der Waals surface area contributed by atoms with Crippen LogP contribution in [0, 0.1) is 0 Å². The van der Waals surface area contributed by atoms with Gasteiger partial charge in [-0.25, -0.2) is 0 Å². The summed E-state index contributed by atoms with van der Waals surface area (Å²) in [5.41, 5.74) is 9.67. The number of benzene rings is 3. The topological polar surface area (TPSA) is 57.4 Å². The van der Waals surface area contributed by atoms with Crippen LogP contribution in [0.25, 0.3) is 45.0 Å². The van der Waals surface area contributed by atoms with E-state index in [4.69, 9.17) is 0 Å². The molecule has 30 heavy (non-hydrogen) atoms. The molecule has 0 atom stereocenters. The molecule has 0 aliphatic rings. The highest BCUT2D eigenvalue weighted by molar-refractivity contribution is 5.76. The first-order valence-corrected chi connectivity index (χ1v) is 10.2. The lowest BCUT2D eigenvalue weighted by Gasteiger charge is -2.08. The Kier molecular flexibility index (Phi) is 4.74. The Bertz CT molecular complexity index is 1270. The molecule has 5 aromatic rings. The van der Waals surface area contributed by atoms with Crippen molar-refractivity contribution in [1.29, 1.82) is 0 Å². The molecule has 0 aliphatic carbocycles. The summed E-state index contributed by atoms with van der Waals surface area (Å²) in [7, 11) is 0. The van der Waals surface area contributed by atoms with E-state index in [0.29, 0.717) is 0 Å². The van der Waals surface area contributed by atoms with Gasteiger partial charge in [-0.15, -0.1) is 0 Å². The minimum absolute atomic E-state index is 0.931. The number of aromatic nitrogens is 4. The fourth-order valence-electron chi connectivity index (χ4n) is 3.75. The molecule has 5 rings (SSSR count). The van der Waals surface area contributed by atoms with Gasteiger partial charge in [0.1, 0.15) is 0 Å². The Labute approximate surface area is 175 Å². The van der Waals surface area contributed by atoms with E-state index >= 15 is 0 Å². The van der Waals surface area contributed by atoms with Crippen molar-refractivity contribution in [2.75, 3.05) is 0 Å². The second-order valence-corrected chi connectivity index (χ2v) is 7.29. The number of aromatic amines is 2. The first-order chi connectivity index (χ1) is 14.8. The molecule has 0 saturated carbocycles. The molecule has 0 spiro atoms. The van der Waals surface area contributed by atoms with Crippen LogP contribution in [0.4, 0.5) is 0 Å². The quantitative estimate of drug-likeness (QED) is 0.367. The Morgan fingerprint density at radius 1 is 0.600 bits per heavy atom. The fourth-order valence-corrected chi connectivity index (χ4v) is 3.75. The van der Waals surface area contributed by atoms with Crippen LogP contribution in [0.15, 0.2) is 91.0 Å². The van der Waals surface area contributed by atoms with Crippen LogP contribution in [0.5, 0.6) is 0 Å². The van der Waals surface area contributed by atoms with Gasteiger partial charge in [-0.1, -0.05) is 79.7 Å². The van der Waals surface area contributed by atoms with Crippen LogP contribution in [0.2, 0.25) is 0 Å². The van der Waals surface area contributed by atoms with Crippen molar-refractivity contribution < 1.29 is 0 Å². The van der Waals surface area contributed by atoms with Crippen molar-refractivity contribution in [3.8, 4) is 45.0 Å². The van der Waals surface area contributed by atoms with Crippen molar-refractivity contribution >= 4 is 0 Å². The van der Waals surface area contributed by atoms with Gasteiger partial charge in [-0.3, -0.25) is 10.2 Å². The summed E-state index contributed by atoms with van der Waals surface area (Å²) in [4.78, 5) is 0. The SMILES string of the molecule is CCc1ccc(-c2cc(-c3ccccc3)[nH]n2)cc1-c1cc(-c2ccccc2)n[nH]1. The van der Waals surface area contributed by atoms with E-state index in [1.165, 1.54) is 5.56 Å². The van der Waals surface area contributed by atoms with Crippen LogP contribution < -0.4 is 0 Å². The molecule has 2 heterocycles. The summed E-state index contributed by atoms with van der Waals surface area (Å²) in [5.74, 6) is 0. The van der Waals surface area contributed by atoms with Gasteiger partial charge in [-0.2, -0.15) is 10.2 Å². The minimum atomic E-state index is 0.931. The summed E-state index contributed by atoms with van der Waals surface area (Å²) in [6, 6.07) is 31.2. The van der Waals surface area contributed by atoms with Crippen LogP contribution in [0.3, 0.4) is 0 Å². The van der Waals surface area contributed by atoms with Gasteiger partial charge in [0, 0.05) is 16.7 Å². The van der Waals surface area contributed by atoms with E-state index in [0.717, 1.165) is 51.5 Å². The number of hydrogen-bond donors (Lipinski definition) is 2. The van der Waals surface area contributed by atoms with Crippen molar-refractivity contribution in [2.24, 2.45) is 0 Å². The monoisotopic (exact) mass is 390 g/mol. The maximum Gasteiger partial charge on any atom is 0.0927 e. The average molecular weight is 390 g/mol. The molecule has 0 unspecified atom stereocenters. The molecule has 0 bridgehead atoms. The third-order valence-electron chi connectivity index (χ3n) is 5.39. The molecule has 3 aromatic carbocycles. The normalized spacial score (nSPS) is 11.0. The standard InChI is InChI=1S/C26H22N4/c1-2-18-13-14-21(25-16-23(27-29-25)19-9-5-3-6-10-19)15-22(18)26-17-24(28-30-26)20-11-7-4-8-12-20/h3-17H,2H2,1H3,(H,27,29)(H,28,30). The van der Waals surface area contributed by atoms with Gasteiger partial charge in [-0.05, 0) is 35.7 Å². The summed E-state index contributed by atoms with van der Waals surface area (Å²) < 4.78 is 0. The Hall–Kier alpha value is -3.92. The average Bonchev–Trinajstić information content (AvgIpc) is 3.50. The second kappa shape index (κ2) is 7.84. The van der Waals surface area contributed by atoms with Crippen molar-refractivity contribution in [1.82, 2.24) is 20.4 Å². The van der Waals surface area contributed by atoms with E-state index in [9.17, 15) is 0 Å². The van der Waals surface area contributed by atoms with Gasteiger partial charge >= 0.3 is 0 Å². The summed E-state index contributed by atoms with van der Waals surface area (Å²) in [6.45, 7) is 2.18. The van der Waals surface area contributed by atoms with Gasteiger partial charge < -0.3 is 0 Å². The predicted octanol–water partition coefficient (Wildman–Crippen LogP) is 6.36. The van der Waals surface area contributed by atoms with Crippen LogP contribution in [0.1, 0.15) is 12.5 Å². The maximum absolute atomic E-state index is 4.56. The molecular weight excluding hydrogens is 368 g/mol. The van der Waals surface area contributed by atoms with Crippen LogP contribution in [-0.2, 0) is 6.42 Å². The number of nitrogens with zero attached hydrogens (tertiary/aromatic N) is 2. The molecule has 2 N–H and O–H groups in total. The first-order valence-electron chi connectivity index (χ1n) is 10.2. The fraction of sp³-hybridized carbons (Fsp3) is 0.0769. The van der Waals surface area contributed by atoms with E-state index < -0.39 is 0 Å². The summed E-state index contributed by atoms with van der Waals surface area (Å²) in [6.07, 6.45) is 0.950. The first kappa shape index (κ1) is 18.1. The van der Waals surface area contributed by atoms with E-state index in [1.807, 2.05) is 36.4 Å². The highest BCUT2D eigenvalue weighted by atomic mass is 15.1. The molecular formula is C26H22N4. The lowest BCUT2D eigenvalue weighted by Crippen LogP contribution is -1.90. The summed E-state index contributed by atoms with van der Waals surface area (Å²) >= 11 is 0. The van der Waals surface area contributed by atoms with Gasteiger partial charge in [0.05, 0.1) is 22.8 Å². The Morgan fingerprint density at radius 2 is 1.20 bits per heavy atom. The maximum atomic E-state index is 4.56. The zero-order valence-corrected chi connectivity index (χ0v) is 16.8. The number of aryl methyl sites for hydroxylation is 1. The Morgan fingerprint density at radius 3 is 1.90 bits per heavy atom. The zero-order valence-electron chi connectivity index (χ0n) is 16.8. The Balaban J connectivity index is 1.52. The van der Waals surface area contributed by atoms with E-state index in [2.05, 4.69) is 81.9 Å². The predicted molar refractivity (Wildman–Crippen MR) is 122 cm³/mol. The number of nitrogens with one attached hydrogen (secondary N) is 2. The third kappa shape index (κ3) is 3.44. The molecule has 4 nitrogen and oxygen atoms in total. The van der Waals surface area contributed by atoms with Crippen molar-refractivity contribution in [3.63, 3.8) is 0 Å². The largest absolute Gasteiger partial charge is 0.277 e. The number of hydrogen-bond acceptors (Lipinski definition) is 2. The van der Waals surface area contributed by atoms with Gasteiger partial charge in [0.2, 0.25) is 0 Å². The molecule has 4 heteroatoms. The second-order valence-electron chi connectivity index (χ2n) is 7.29.